The number of benzene rings is 1. The Hall–Kier alpha value is -1.60. The number of hydrogen-bond acceptors (Lipinski definition) is 3. The number of halogens is 3. The number of likely N-dealkylation sites (N-methyl/N-ethyl adjacent to an activating group) is 1. The summed E-state index contributed by atoms with van der Waals surface area (Å²) in [5.41, 5.74) is -0.443. The van der Waals surface area contributed by atoms with E-state index in [1.807, 2.05) is 0 Å². The van der Waals surface area contributed by atoms with E-state index in [0.29, 0.717) is 18.7 Å². The van der Waals surface area contributed by atoms with Gasteiger partial charge >= 0.3 is 6.18 Å². The minimum absolute atomic E-state index is 0.312. The lowest BCUT2D eigenvalue weighted by atomic mass is 10.2. The summed E-state index contributed by atoms with van der Waals surface area (Å²) in [5.74, 6) is -0.312. The van der Waals surface area contributed by atoms with Crippen LogP contribution in [0.15, 0.2) is 24.3 Å². The van der Waals surface area contributed by atoms with Gasteiger partial charge in [-0.15, -0.1) is 0 Å². The van der Waals surface area contributed by atoms with E-state index in [1.54, 1.807) is 25.8 Å². The van der Waals surface area contributed by atoms with Crippen molar-refractivity contribution in [3.05, 3.63) is 29.8 Å². The first kappa shape index (κ1) is 18.4. The molecule has 0 bridgehead atoms. The highest BCUT2D eigenvalue weighted by molar-refractivity contribution is 5.94. The van der Waals surface area contributed by atoms with Crippen LogP contribution in [0.5, 0.6) is 0 Å². The van der Waals surface area contributed by atoms with Gasteiger partial charge < -0.3 is 10.4 Å². The fourth-order valence-corrected chi connectivity index (χ4v) is 1.77. The molecule has 1 amide bonds. The van der Waals surface area contributed by atoms with Crippen molar-refractivity contribution in [2.75, 3.05) is 18.9 Å². The van der Waals surface area contributed by atoms with E-state index in [-0.39, 0.29) is 5.91 Å². The van der Waals surface area contributed by atoms with Gasteiger partial charge in [-0.25, -0.2) is 0 Å². The molecule has 1 aromatic carbocycles. The number of hydrogen-bond donors (Lipinski definition) is 2. The lowest BCUT2D eigenvalue weighted by molar-refractivity contribution is -0.137. The lowest BCUT2D eigenvalue weighted by Gasteiger charge is -2.24. The number of carbonyl (C=O) groups excluding carboxylic acids is 1. The number of aliphatic hydroxyl groups is 1. The van der Waals surface area contributed by atoms with E-state index in [9.17, 15) is 23.1 Å². The fraction of sp³-hybridized carbons (Fsp3) is 0.533. The van der Waals surface area contributed by atoms with E-state index in [2.05, 4.69) is 5.32 Å². The van der Waals surface area contributed by atoms with Crippen molar-refractivity contribution in [2.45, 2.75) is 38.6 Å². The molecular formula is C15H21F3N2O2. The molecule has 0 aliphatic carbocycles. The topological polar surface area (TPSA) is 52.6 Å². The number of nitrogens with one attached hydrogen (secondary N) is 1. The number of nitrogens with zero attached hydrogens (tertiary/aromatic N) is 1. The zero-order valence-corrected chi connectivity index (χ0v) is 12.8. The van der Waals surface area contributed by atoms with Gasteiger partial charge in [0, 0.05) is 12.2 Å². The standard InChI is InChI=1S/C15H21F3N2O2/c1-10(21)8-9-20(3)11(2)14(22)19-13-6-4-12(5-7-13)15(16,17)18/h4-7,10-11,21H,8-9H2,1-3H3,(H,19,22). The van der Waals surface area contributed by atoms with Crippen molar-refractivity contribution in [1.29, 1.82) is 0 Å². The van der Waals surface area contributed by atoms with Gasteiger partial charge in [-0.1, -0.05) is 0 Å². The second-order valence-corrected chi connectivity index (χ2v) is 5.36. The summed E-state index contributed by atoms with van der Waals surface area (Å²) in [6.45, 7) is 3.90. The maximum atomic E-state index is 12.5. The molecular weight excluding hydrogens is 297 g/mol. The molecule has 0 saturated carbocycles. The summed E-state index contributed by atoms with van der Waals surface area (Å²) in [4.78, 5) is 13.8. The predicted molar refractivity (Wildman–Crippen MR) is 78.5 cm³/mol. The molecule has 0 saturated heterocycles. The van der Waals surface area contributed by atoms with Gasteiger partial charge in [0.25, 0.3) is 0 Å². The van der Waals surface area contributed by atoms with Crippen LogP contribution in [0.3, 0.4) is 0 Å². The third-order valence-corrected chi connectivity index (χ3v) is 3.42. The maximum Gasteiger partial charge on any atom is 0.416 e. The van der Waals surface area contributed by atoms with Crippen molar-refractivity contribution in [3.8, 4) is 0 Å². The van der Waals surface area contributed by atoms with Gasteiger partial charge in [0.05, 0.1) is 17.7 Å². The summed E-state index contributed by atoms with van der Waals surface area (Å²) >= 11 is 0. The molecule has 0 fully saturated rings. The van der Waals surface area contributed by atoms with Crippen molar-refractivity contribution >= 4 is 11.6 Å². The molecule has 1 rings (SSSR count). The molecule has 0 spiro atoms. The van der Waals surface area contributed by atoms with E-state index >= 15 is 0 Å². The Morgan fingerprint density at radius 2 is 1.82 bits per heavy atom. The number of carbonyl (C=O) groups is 1. The third-order valence-electron chi connectivity index (χ3n) is 3.42. The average Bonchev–Trinajstić information content (AvgIpc) is 2.43. The quantitative estimate of drug-likeness (QED) is 0.848. The molecule has 2 unspecified atom stereocenters. The van der Waals surface area contributed by atoms with Crippen LogP contribution in [-0.2, 0) is 11.0 Å². The Labute approximate surface area is 127 Å². The first-order valence-electron chi connectivity index (χ1n) is 6.97. The summed E-state index contributed by atoms with van der Waals surface area (Å²) in [7, 11) is 1.75. The van der Waals surface area contributed by atoms with E-state index < -0.39 is 23.9 Å². The minimum Gasteiger partial charge on any atom is -0.393 e. The second kappa shape index (κ2) is 7.60. The van der Waals surface area contributed by atoms with Crippen LogP contribution >= 0.6 is 0 Å². The van der Waals surface area contributed by atoms with Crippen molar-refractivity contribution < 1.29 is 23.1 Å². The van der Waals surface area contributed by atoms with Crippen LogP contribution in [-0.4, -0.2) is 41.7 Å². The Morgan fingerprint density at radius 1 is 1.27 bits per heavy atom. The van der Waals surface area contributed by atoms with Gasteiger partial charge in [-0.05, 0) is 51.6 Å². The highest BCUT2D eigenvalue weighted by Crippen LogP contribution is 2.29. The van der Waals surface area contributed by atoms with Crippen LogP contribution in [0.1, 0.15) is 25.8 Å². The molecule has 2 N–H and O–H groups in total. The molecule has 7 heteroatoms. The summed E-state index contributed by atoms with van der Waals surface area (Å²) < 4.78 is 37.4. The van der Waals surface area contributed by atoms with Crippen LogP contribution in [0.2, 0.25) is 0 Å². The Bertz CT molecular complexity index is 487. The Balaban J connectivity index is 2.60. The van der Waals surface area contributed by atoms with Crippen LogP contribution < -0.4 is 5.32 Å². The molecule has 0 heterocycles. The summed E-state index contributed by atoms with van der Waals surface area (Å²) in [6.07, 6.45) is -4.31. The highest BCUT2D eigenvalue weighted by Gasteiger charge is 2.30. The zero-order valence-electron chi connectivity index (χ0n) is 12.8. The molecule has 0 aliphatic heterocycles. The molecule has 4 nitrogen and oxygen atoms in total. The largest absolute Gasteiger partial charge is 0.416 e. The third kappa shape index (κ3) is 5.65. The summed E-state index contributed by atoms with van der Waals surface area (Å²) in [6, 6.07) is 3.85. The van der Waals surface area contributed by atoms with Gasteiger partial charge in [0.1, 0.15) is 0 Å². The van der Waals surface area contributed by atoms with Gasteiger partial charge in [-0.2, -0.15) is 13.2 Å². The number of anilines is 1. The van der Waals surface area contributed by atoms with Crippen molar-refractivity contribution in [1.82, 2.24) is 4.90 Å². The van der Waals surface area contributed by atoms with E-state index in [0.717, 1.165) is 12.1 Å². The fourth-order valence-electron chi connectivity index (χ4n) is 1.77. The average molecular weight is 318 g/mol. The first-order valence-corrected chi connectivity index (χ1v) is 6.97. The number of alkyl halides is 3. The molecule has 0 aromatic heterocycles. The van der Waals surface area contributed by atoms with Crippen molar-refractivity contribution in [2.24, 2.45) is 0 Å². The van der Waals surface area contributed by atoms with Gasteiger partial charge in [0.15, 0.2) is 0 Å². The smallest absolute Gasteiger partial charge is 0.393 e. The molecule has 0 radical (unpaired) electrons. The monoisotopic (exact) mass is 318 g/mol. The molecule has 124 valence electrons. The minimum atomic E-state index is -4.39. The van der Waals surface area contributed by atoms with E-state index in [4.69, 9.17) is 0 Å². The van der Waals surface area contributed by atoms with Crippen molar-refractivity contribution in [3.63, 3.8) is 0 Å². The highest BCUT2D eigenvalue weighted by atomic mass is 19.4. The predicted octanol–water partition coefficient (Wildman–Crippen LogP) is 2.74. The number of rotatable bonds is 6. The lowest BCUT2D eigenvalue weighted by Crippen LogP contribution is -2.40. The molecule has 0 aliphatic rings. The normalized spacial score (nSPS) is 14.7. The van der Waals surface area contributed by atoms with Gasteiger partial charge in [0.2, 0.25) is 5.91 Å². The molecule has 2 atom stereocenters. The first-order chi connectivity index (χ1) is 10.1. The zero-order chi connectivity index (χ0) is 16.9. The Morgan fingerprint density at radius 3 is 2.27 bits per heavy atom. The molecule has 1 aromatic rings. The maximum absolute atomic E-state index is 12.5. The van der Waals surface area contributed by atoms with Crippen LogP contribution in [0, 0.1) is 0 Å². The van der Waals surface area contributed by atoms with E-state index in [1.165, 1.54) is 12.1 Å². The number of aliphatic hydroxyl groups excluding tert-OH is 1. The van der Waals surface area contributed by atoms with Gasteiger partial charge in [-0.3, -0.25) is 9.69 Å². The SMILES string of the molecule is CC(O)CCN(C)C(C)C(=O)Nc1ccc(C(F)(F)F)cc1. The second-order valence-electron chi connectivity index (χ2n) is 5.36. The Kier molecular flexibility index (Phi) is 6.37. The number of amides is 1. The van der Waals surface area contributed by atoms with Crippen LogP contribution in [0.25, 0.3) is 0 Å². The summed E-state index contributed by atoms with van der Waals surface area (Å²) in [5, 5.41) is 11.8. The van der Waals surface area contributed by atoms with Crippen LogP contribution in [0.4, 0.5) is 18.9 Å². The molecule has 22 heavy (non-hydrogen) atoms.